The molecule has 0 spiro atoms. The first-order valence-corrected chi connectivity index (χ1v) is 12.1. The van der Waals surface area contributed by atoms with Gasteiger partial charge in [0.2, 0.25) is 0 Å². The van der Waals surface area contributed by atoms with Gasteiger partial charge in [0.05, 0.1) is 12.7 Å². The molecule has 3 N–H and O–H groups in total. The number of aromatic amines is 1. The number of hydrogen-bond donors (Lipinski definition) is 3. The van der Waals surface area contributed by atoms with E-state index in [2.05, 4.69) is 21.7 Å². The average molecular weight is 493 g/mol. The summed E-state index contributed by atoms with van der Waals surface area (Å²) in [6.45, 7) is 0.415. The highest BCUT2D eigenvalue weighted by atomic mass is 16.5. The molecule has 0 bridgehead atoms. The number of nitrogens with zero attached hydrogens (tertiary/aromatic N) is 1. The van der Waals surface area contributed by atoms with Crippen LogP contribution >= 0.6 is 0 Å². The third-order valence-corrected chi connectivity index (χ3v) is 6.43. The van der Waals surface area contributed by atoms with E-state index in [1.165, 1.54) is 7.11 Å². The van der Waals surface area contributed by atoms with E-state index in [9.17, 15) is 9.59 Å². The molecule has 3 aromatic carbocycles. The van der Waals surface area contributed by atoms with Crippen molar-refractivity contribution < 1.29 is 14.3 Å². The van der Waals surface area contributed by atoms with E-state index in [0.717, 1.165) is 32.9 Å². The van der Waals surface area contributed by atoms with Crippen molar-refractivity contribution in [3.63, 3.8) is 0 Å². The van der Waals surface area contributed by atoms with Crippen LogP contribution in [0.2, 0.25) is 0 Å². The monoisotopic (exact) mass is 492 g/mol. The Hall–Kier alpha value is -4.78. The van der Waals surface area contributed by atoms with Crippen LogP contribution in [0.3, 0.4) is 0 Å². The lowest BCUT2D eigenvalue weighted by atomic mass is 10.1. The maximum atomic E-state index is 13.4. The molecule has 37 heavy (non-hydrogen) atoms. The van der Waals surface area contributed by atoms with Crippen molar-refractivity contribution in [1.82, 2.24) is 20.2 Å². The molecule has 2 heterocycles. The zero-order valence-corrected chi connectivity index (χ0v) is 20.7. The predicted molar refractivity (Wildman–Crippen MR) is 146 cm³/mol. The first-order chi connectivity index (χ1) is 18.0. The molecule has 2 aromatic heterocycles. The van der Waals surface area contributed by atoms with Gasteiger partial charge < -0.3 is 24.9 Å². The highest BCUT2D eigenvalue weighted by Crippen LogP contribution is 2.23. The first-order valence-electron chi connectivity index (χ1n) is 12.1. The van der Waals surface area contributed by atoms with Gasteiger partial charge in [-0.1, -0.05) is 48.5 Å². The Balaban J connectivity index is 1.41. The second-order valence-corrected chi connectivity index (χ2v) is 8.79. The molecule has 0 unspecified atom stereocenters. The van der Waals surface area contributed by atoms with Gasteiger partial charge >= 0.3 is 0 Å². The molecule has 0 saturated heterocycles. The summed E-state index contributed by atoms with van der Waals surface area (Å²) in [5, 5.41) is 7.91. The summed E-state index contributed by atoms with van der Waals surface area (Å²) < 4.78 is 7.34. The van der Waals surface area contributed by atoms with Gasteiger partial charge in [-0.2, -0.15) is 0 Å². The largest absolute Gasteiger partial charge is 0.496 e. The number of para-hydroxylation sites is 3. The normalized spacial score (nSPS) is 11.6. The van der Waals surface area contributed by atoms with Gasteiger partial charge in [0.1, 0.15) is 11.4 Å². The van der Waals surface area contributed by atoms with E-state index in [1.54, 1.807) is 30.3 Å². The molecule has 0 radical (unpaired) electrons. The van der Waals surface area contributed by atoms with Crippen molar-refractivity contribution >= 4 is 39.7 Å². The summed E-state index contributed by atoms with van der Waals surface area (Å²) >= 11 is 0. The molecule has 7 heteroatoms. The van der Waals surface area contributed by atoms with E-state index in [1.807, 2.05) is 66.5 Å². The van der Waals surface area contributed by atoms with Crippen LogP contribution in [-0.4, -0.2) is 35.0 Å². The molecule has 0 aliphatic rings. The number of amides is 2. The molecule has 0 atom stereocenters. The van der Waals surface area contributed by atoms with Crippen LogP contribution in [0.15, 0.2) is 90.9 Å². The van der Waals surface area contributed by atoms with E-state index < -0.39 is 5.91 Å². The van der Waals surface area contributed by atoms with Gasteiger partial charge in [-0.15, -0.1) is 0 Å². The molecule has 7 nitrogen and oxygen atoms in total. The van der Waals surface area contributed by atoms with E-state index in [0.29, 0.717) is 24.3 Å². The quantitative estimate of drug-likeness (QED) is 0.272. The number of carbonyl (C=O) groups excluding carboxylic acids is 2. The van der Waals surface area contributed by atoms with Gasteiger partial charge in [0.15, 0.2) is 0 Å². The number of benzene rings is 3. The SMILES string of the molecule is COc1ccccc1C(=O)NC(=Cc1cn(C)c2ccccc12)C(=O)NCCc1c[nH]c2ccccc12. The third kappa shape index (κ3) is 4.97. The lowest BCUT2D eigenvalue weighted by molar-refractivity contribution is -0.117. The van der Waals surface area contributed by atoms with Gasteiger partial charge in [0, 0.05) is 53.4 Å². The zero-order valence-electron chi connectivity index (χ0n) is 20.7. The molecule has 5 rings (SSSR count). The number of nitrogens with one attached hydrogen (secondary N) is 3. The Kier molecular flexibility index (Phi) is 6.76. The molecular weight excluding hydrogens is 464 g/mol. The summed E-state index contributed by atoms with van der Waals surface area (Å²) in [4.78, 5) is 29.8. The number of H-pyrrole nitrogens is 1. The number of hydrogen-bond acceptors (Lipinski definition) is 3. The minimum atomic E-state index is -0.421. The van der Waals surface area contributed by atoms with Gasteiger partial charge in [-0.3, -0.25) is 9.59 Å². The number of carbonyl (C=O) groups is 2. The topological polar surface area (TPSA) is 88.2 Å². The standard InChI is InChI=1S/C30H28N4O3/c1-34-19-21(23-10-4-7-13-27(23)34)17-26(33-29(35)24-11-5-8-14-28(24)37-2)30(36)31-16-15-20-18-32-25-12-6-3-9-22(20)25/h3-14,17-19,32H,15-16H2,1-2H3,(H,31,36)(H,33,35). The Bertz CT molecular complexity index is 1630. The van der Waals surface area contributed by atoms with E-state index >= 15 is 0 Å². The number of fused-ring (bicyclic) bond motifs is 2. The lowest BCUT2D eigenvalue weighted by Crippen LogP contribution is -2.35. The highest BCUT2D eigenvalue weighted by molar-refractivity contribution is 6.07. The highest BCUT2D eigenvalue weighted by Gasteiger charge is 2.18. The minimum absolute atomic E-state index is 0.159. The van der Waals surface area contributed by atoms with Crippen LogP contribution in [0.25, 0.3) is 27.9 Å². The summed E-state index contributed by atoms with van der Waals surface area (Å²) in [5.74, 6) is -0.351. The molecule has 5 aromatic rings. The summed E-state index contributed by atoms with van der Waals surface area (Å²) in [7, 11) is 3.46. The maximum absolute atomic E-state index is 13.4. The summed E-state index contributed by atoms with van der Waals surface area (Å²) in [6.07, 6.45) is 6.28. The second kappa shape index (κ2) is 10.5. The van der Waals surface area contributed by atoms with Crippen molar-refractivity contribution in [2.45, 2.75) is 6.42 Å². The Labute approximate surface area is 214 Å². The van der Waals surface area contributed by atoms with Crippen molar-refractivity contribution in [2.24, 2.45) is 7.05 Å². The predicted octanol–water partition coefficient (Wildman–Crippen LogP) is 4.80. The first kappa shape index (κ1) is 23.9. The molecular formula is C30H28N4O3. The molecule has 186 valence electrons. The smallest absolute Gasteiger partial charge is 0.267 e. The molecule has 2 amide bonds. The van der Waals surface area contributed by atoms with Crippen molar-refractivity contribution in [1.29, 1.82) is 0 Å². The van der Waals surface area contributed by atoms with E-state index in [-0.39, 0.29) is 11.6 Å². The maximum Gasteiger partial charge on any atom is 0.267 e. The van der Waals surface area contributed by atoms with Gasteiger partial charge in [-0.05, 0) is 42.3 Å². The fraction of sp³-hybridized carbons (Fsp3) is 0.133. The molecule has 0 saturated carbocycles. The fourth-order valence-electron chi connectivity index (χ4n) is 4.57. The van der Waals surface area contributed by atoms with Crippen LogP contribution in [-0.2, 0) is 18.3 Å². The van der Waals surface area contributed by atoms with Crippen LogP contribution in [0.5, 0.6) is 5.75 Å². The lowest BCUT2D eigenvalue weighted by Gasteiger charge is -2.13. The van der Waals surface area contributed by atoms with Gasteiger partial charge in [0.25, 0.3) is 11.8 Å². The summed E-state index contributed by atoms with van der Waals surface area (Å²) in [5.41, 5.74) is 4.55. The van der Waals surface area contributed by atoms with Crippen LogP contribution in [0.4, 0.5) is 0 Å². The molecule has 0 fully saturated rings. The average Bonchev–Trinajstić information content (AvgIpc) is 3.49. The van der Waals surface area contributed by atoms with Crippen LogP contribution < -0.4 is 15.4 Å². The number of aryl methyl sites for hydroxylation is 1. The Morgan fingerprint density at radius 3 is 2.54 bits per heavy atom. The Morgan fingerprint density at radius 1 is 0.973 bits per heavy atom. The number of methoxy groups -OCH3 is 1. The van der Waals surface area contributed by atoms with Crippen LogP contribution in [0.1, 0.15) is 21.5 Å². The van der Waals surface area contributed by atoms with Crippen molar-refractivity contribution in [3.8, 4) is 5.75 Å². The second-order valence-electron chi connectivity index (χ2n) is 8.79. The molecule has 0 aliphatic heterocycles. The number of aromatic nitrogens is 2. The van der Waals surface area contributed by atoms with Crippen molar-refractivity contribution in [3.05, 3.63) is 108 Å². The van der Waals surface area contributed by atoms with Gasteiger partial charge in [-0.25, -0.2) is 0 Å². The van der Waals surface area contributed by atoms with Crippen LogP contribution in [0, 0.1) is 0 Å². The number of ether oxygens (including phenoxy) is 1. The zero-order chi connectivity index (χ0) is 25.8. The fourth-order valence-corrected chi connectivity index (χ4v) is 4.57. The number of rotatable bonds is 8. The molecule has 0 aliphatic carbocycles. The van der Waals surface area contributed by atoms with Crippen molar-refractivity contribution in [2.75, 3.05) is 13.7 Å². The summed E-state index contributed by atoms with van der Waals surface area (Å²) in [6, 6.07) is 22.9. The van der Waals surface area contributed by atoms with E-state index in [4.69, 9.17) is 4.74 Å². The third-order valence-electron chi connectivity index (χ3n) is 6.43. The Morgan fingerprint density at radius 2 is 1.70 bits per heavy atom. The minimum Gasteiger partial charge on any atom is -0.496 e.